The summed E-state index contributed by atoms with van der Waals surface area (Å²) in [6.45, 7) is 17.6. The fraction of sp³-hybridized carbons (Fsp3) is 0.696. The maximum Gasteiger partial charge on any atom is 0.191 e. The van der Waals surface area contributed by atoms with E-state index in [-0.39, 0.29) is 0 Å². The van der Waals surface area contributed by atoms with E-state index >= 15 is 0 Å². The van der Waals surface area contributed by atoms with Crippen molar-refractivity contribution in [3.05, 3.63) is 35.4 Å². The second-order valence-corrected chi connectivity index (χ2v) is 8.68. The molecule has 2 aliphatic heterocycles. The van der Waals surface area contributed by atoms with Crippen molar-refractivity contribution in [2.45, 2.75) is 52.9 Å². The van der Waals surface area contributed by atoms with Crippen LogP contribution in [0.2, 0.25) is 0 Å². The van der Waals surface area contributed by atoms with E-state index in [4.69, 9.17) is 9.73 Å². The van der Waals surface area contributed by atoms with Crippen molar-refractivity contribution in [1.29, 1.82) is 0 Å². The first-order valence-corrected chi connectivity index (χ1v) is 11.2. The van der Waals surface area contributed by atoms with Crippen molar-refractivity contribution in [2.24, 2.45) is 10.9 Å². The monoisotopic (exact) mass is 401 g/mol. The van der Waals surface area contributed by atoms with Crippen LogP contribution in [0.15, 0.2) is 29.3 Å². The number of hydrogen-bond acceptors (Lipinski definition) is 4. The zero-order valence-corrected chi connectivity index (χ0v) is 18.7. The average molecular weight is 402 g/mol. The van der Waals surface area contributed by atoms with E-state index in [2.05, 4.69) is 72.4 Å². The number of nitrogens with one attached hydrogen (secondary N) is 2. The first-order valence-electron chi connectivity index (χ1n) is 11.2. The lowest BCUT2D eigenvalue weighted by molar-refractivity contribution is 0.0342. The standard InChI is InChI=1S/C23H39N5O/c1-5-24-23(26-22-17-28(18(2)3)15-19(22)4)25-14-20-6-8-21(9-7-20)16-27-10-12-29-13-11-27/h6-9,18-19,22H,5,10-17H2,1-4H3,(H2,24,25,26). The molecule has 0 spiro atoms. The van der Waals surface area contributed by atoms with Crippen LogP contribution in [0.4, 0.5) is 0 Å². The van der Waals surface area contributed by atoms with E-state index in [9.17, 15) is 0 Å². The summed E-state index contributed by atoms with van der Waals surface area (Å²) in [5.41, 5.74) is 2.61. The first kappa shape index (κ1) is 22.1. The molecule has 0 radical (unpaired) electrons. The Kier molecular flexibility index (Phi) is 8.33. The van der Waals surface area contributed by atoms with Gasteiger partial charge in [0.1, 0.15) is 0 Å². The van der Waals surface area contributed by atoms with Crippen LogP contribution < -0.4 is 10.6 Å². The highest BCUT2D eigenvalue weighted by Crippen LogP contribution is 2.18. The third kappa shape index (κ3) is 6.69. The van der Waals surface area contributed by atoms with Gasteiger partial charge in [-0.1, -0.05) is 31.2 Å². The maximum absolute atomic E-state index is 5.43. The Bertz CT molecular complexity index is 639. The molecule has 6 heteroatoms. The molecule has 2 aliphatic rings. The van der Waals surface area contributed by atoms with Crippen LogP contribution in [0.5, 0.6) is 0 Å². The molecule has 0 aromatic heterocycles. The summed E-state index contributed by atoms with van der Waals surface area (Å²) < 4.78 is 5.43. The van der Waals surface area contributed by atoms with E-state index in [0.29, 0.717) is 24.5 Å². The van der Waals surface area contributed by atoms with Crippen molar-refractivity contribution in [3.63, 3.8) is 0 Å². The van der Waals surface area contributed by atoms with Gasteiger partial charge >= 0.3 is 0 Å². The van der Waals surface area contributed by atoms with Crippen molar-refractivity contribution in [3.8, 4) is 0 Å². The van der Waals surface area contributed by atoms with E-state index in [1.165, 1.54) is 11.1 Å². The zero-order valence-electron chi connectivity index (χ0n) is 18.7. The van der Waals surface area contributed by atoms with Crippen LogP contribution in [0.1, 0.15) is 38.8 Å². The number of benzene rings is 1. The van der Waals surface area contributed by atoms with Crippen molar-refractivity contribution >= 4 is 5.96 Å². The molecular formula is C23H39N5O. The minimum Gasteiger partial charge on any atom is -0.379 e. The Morgan fingerprint density at radius 1 is 1.14 bits per heavy atom. The molecule has 2 atom stereocenters. The summed E-state index contributed by atoms with van der Waals surface area (Å²) in [5.74, 6) is 1.55. The minimum absolute atomic E-state index is 0.450. The van der Waals surface area contributed by atoms with Gasteiger partial charge in [0, 0.05) is 51.4 Å². The van der Waals surface area contributed by atoms with Gasteiger partial charge in [-0.25, -0.2) is 4.99 Å². The van der Waals surface area contributed by atoms with Crippen molar-refractivity contribution < 1.29 is 4.74 Å². The second kappa shape index (κ2) is 11.0. The fourth-order valence-electron chi connectivity index (χ4n) is 4.05. The number of hydrogen-bond donors (Lipinski definition) is 2. The van der Waals surface area contributed by atoms with Gasteiger partial charge < -0.3 is 15.4 Å². The van der Waals surface area contributed by atoms with E-state index < -0.39 is 0 Å². The van der Waals surface area contributed by atoms with E-state index in [1.54, 1.807) is 0 Å². The Balaban J connectivity index is 1.54. The Hall–Kier alpha value is -1.63. The Morgan fingerprint density at radius 3 is 2.45 bits per heavy atom. The summed E-state index contributed by atoms with van der Waals surface area (Å²) >= 11 is 0. The molecule has 0 bridgehead atoms. The summed E-state index contributed by atoms with van der Waals surface area (Å²) in [6, 6.07) is 9.94. The SMILES string of the molecule is CCNC(=NCc1ccc(CN2CCOCC2)cc1)NC1CN(C(C)C)CC1C. The van der Waals surface area contributed by atoms with Gasteiger partial charge in [0.05, 0.1) is 19.8 Å². The summed E-state index contributed by atoms with van der Waals surface area (Å²) in [5, 5.41) is 7.08. The lowest BCUT2D eigenvalue weighted by atomic mass is 10.1. The van der Waals surface area contributed by atoms with Gasteiger partial charge in [-0.15, -0.1) is 0 Å². The molecule has 2 fully saturated rings. The molecule has 6 nitrogen and oxygen atoms in total. The predicted octanol–water partition coefficient (Wildman–Crippen LogP) is 2.30. The molecule has 2 N–H and O–H groups in total. The van der Waals surface area contributed by atoms with Crippen LogP contribution in [0.3, 0.4) is 0 Å². The Labute approximate surface area is 176 Å². The smallest absolute Gasteiger partial charge is 0.191 e. The van der Waals surface area contributed by atoms with Crippen LogP contribution in [0, 0.1) is 5.92 Å². The van der Waals surface area contributed by atoms with Gasteiger partial charge in [0.15, 0.2) is 5.96 Å². The van der Waals surface area contributed by atoms with Crippen LogP contribution in [-0.2, 0) is 17.8 Å². The van der Waals surface area contributed by atoms with Gasteiger partial charge in [-0.05, 0) is 37.8 Å². The van der Waals surface area contributed by atoms with Gasteiger partial charge in [0.2, 0.25) is 0 Å². The first-order chi connectivity index (χ1) is 14.0. The number of guanidine groups is 1. The molecular weight excluding hydrogens is 362 g/mol. The third-order valence-corrected chi connectivity index (χ3v) is 5.99. The lowest BCUT2D eigenvalue weighted by Crippen LogP contribution is -2.46. The van der Waals surface area contributed by atoms with Gasteiger partial charge in [0.25, 0.3) is 0 Å². The quantitative estimate of drug-likeness (QED) is 0.542. The molecule has 0 amide bonds. The van der Waals surface area contributed by atoms with Crippen molar-refractivity contribution in [1.82, 2.24) is 20.4 Å². The minimum atomic E-state index is 0.450. The molecule has 3 rings (SSSR count). The van der Waals surface area contributed by atoms with E-state index in [1.807, 2.05) is 0 Å². The number of nitrogens with zero attached hydrogens (tertiary/aromatic N) is 3. The number of morpholine rings is 1. The highest BCUT2D eigenvalue weighted by molar-refractivity contribution is 5.80. The van der Waals surface area contributed by atoms with Crippen LogP contribution in [0.25, 0.3) is 0 Å². The number of rotatable bonds is 7. The van der Waals surface area contributed by atoms with Crippen LogP contribution in [-0.4, -0.2) is 73.8 Å². The maximum atomic E-state index is 5.43. The van der Waals surface area contributed by atoms with E-state index in [0.717, 1.165) is 58.4 Å². The number of likely N-dealkylation sites (tertiary alicyclic amines) is 1. The molecule has 2 unspecified atom stereocenters. The predicted molar refractivity (Wildman–Crippen MR) is 120 cm³/mol. The fourth-order valence-corrected chi connectivity index (χ4v) is 4.05. The lowest BCUT2D eigenvalue weighted by Gasteiger charge is -2.26. The molecule has 2 saturated heterocycles. The molecule has 1 aromatic rings. The second-order valence-electron chi connectivity index (χ2n) is 8.68. The van der Waals surface area contributed by atoms with Gasteiger partial charge in [-0.2, -0.15) is 0 Å². The Morgan fingerprint density at radius 2 is 1.83 bits per heavy atom. The molecule has 0 saturated carbocycles. The van der Waals surface area contributed by atoms with Crippen molar-refractivity contribution in [2.75, 3.05) is 45.9 Å². The molecule has 0 aliphatic carbocycles. The molecule has 2 heterocycles. The summed E-state index contributed by atoms with van der Waals surface area (Å²) in [4.78, 5) is 9.84. The van der Waals surface area contributed by atoms with Crippen LogP contribution >= 0.6 is 0 Å². The third-order valence-electron chi connectivity index (χ3n) is 5.99. The average Bonchev–Trinajstić information content (AvgIpc) is 3.09. The normalized spacial score (nSPS) is 24.2. The summed E-state index contributed by atoms with van der Waals surface area (Å²) in [7, 11) is 0. The highest BCUT2D eigenvalue weighted by Gasteiger charge is 2.31. The number of ether oxygens (including phenoxy) is 1. The molecule has 29 heavy (non-hydrogen) atoms. The highest BCUT2D eigenvalue weighted by atomic mass is 16.5. The largest absolute Gasteiger partial charge is 0.379 e. The molecule has 1 aromatic carbocycles. The number of aliphatic imine (C=N–C) groups is 1. The van der Waals surface area contributed by atoms with Gasteiger partial charge in [-0.3, -0.25) is 9.80 Å². The zero-order chi connectivity index (χ0) is 20.6. The molecule has 162 valence electrons. The topological polar surface area (TPSA) is 52.1 Å². The summed E-state index contributed by atoms with van der Waals surface area (Å²) in [6.07, 6.45) is 0.